The van der Waals surface area contributed by atoms with Gasteiger partial charge in [0.05, 0.1) is 6.20 Å². The molecule has 0 atom stereocenters. The van der Waals surface area contributed by atoms with Gasteiger partial charge in [-0.1, -0.05) is 12.1 Å². The molecular weight excluding hydrogens is 197 g/mol. The highest BCUT2D eigenvalue weighted by Gasteiger charge is 2.08. The van der Waals surface area contributed by atoms with Gasteiger partial charge in [0.2, 0.25) is 5.95 Å². The average Bonchev–Trinajstić information content (AvgIpc) is 2.22. The van der Waals surface area contributed by atoms with E-state index in [1.165, 1.54) is 12.1 Å². The SMILES string of the molecule is Nc1ncc(F)c(-c2cccc(O)c2)n1. The van der Waals surface area contributed by atoms with E-state index in [9.17, 15) is 9.50 Å². The minimum absolute atomic E-state index is 0.00487. The van der Waals surface area contributed by atoms with Gasteiger partial charge in [-0.25, -0.2) is 14.4 Å². The largest absolute Gasteiger partial charge is 0.508 e. The van der Waals surface area contributed by atoms with Gasteiger partial charge < -0.3 is 10.8 Å². The third-order valence-corrected chi connectivity index (χ3v) is 1.88. The van der Waals surface area contributed by atoms with Crippen molar-refractivity contribution in [2.24, 2.45) is 0 Å². The minimum Gasteiger partial charge on any atom is -0.508 e. The average molecular weight is 205 g/mol. The Bertz CT molecular complexity index is 502. The maximum atomic E-state index is 13.3. The fourth-order valence-electron chi connectivity index (χ4n) is 1.24. The topological polar surface area (TPSA) is 72.0 Å². The van der Waals surface area contributed by atoms with Crippen molar-refractivity contribution < 1.29 is 9.50 Å². The lowest BCUT2D eigenvalue weighted by molar-refractivity contribution is 0.475. The summed E-state index contributed by atoms with van der Waals surface area (Å²) in [5.74, 6) is -0.534. The van der Waals surface area contributed by atoms with E-state index in [1.807, 2.05) is 0 Å². The number of hydrogen-bond acceptors (Lipinski definition) is 4. The van der Waals surface area contributed by atoms with Crippen molar-refractivity contribution in [1.82, 2.24) is 9.97 Å². The Morgan fingerprint density at radius 2 is 2.13 bits per heavy atom. The number of nitrogens with two attached hydrogens (primary N) is 1. The van der Waals surface area contributed by atoms with Gasteiger partial charge in [-0.15, -0.1) is 0 Å². The molecule has 0 unspecified atom stereocenters. The summed E-state index contributed by atoms with van der Waals surface area (Å²) in [4.78, 5) is 7.28. The lowest BCUT2D eigenvalue weighted by Crippen LogP contribution is -1.98. The first-order chi connectivity index (χ1) is 7.16. The predicted molar refractivity (Wildman–Crippen MR) is 53.5 cm³/mol. The Balaban J connectivity index is 2.58. The number of phenolic OH excluding ortho intramolecular Hbond substituents is 1. The van der Waals surface area contributed by atoms with Gasteiger partial charge in [-0.05, 0) is 12.1 Å². The highest BCUT2D eigenvalue weighted by Crippen LogP contribution is 2.23. The van der Waals surface area contributed by atoms with E-state index in [1.54, 1.807) is 12.1 Å². The van der Waals surface area contributed by atoms with Crippen LogP contribution in [0.4, 0.5) is 10.3 Å². The predicted octanol–water partition coefficient (Wildman–Crippen LogP) is 1.57. The molecule has 0 aliphatic rings. The van der Waals surface area contributed by atoms with Gasteiger partial charge in [0, 0.05) is 5.56 Å². The standard InChI is InChI=1S/C10H8FN3O/c11-8-5-13-10(12)14-9(8)6-2-1-3-7(15)4-6/h1-5,15H,(H2,12,13,14). The molecule has 0 amide bonds. The molecule has 0 saturated carbocycles. The number of halogens is 1. The number of hydrogen-bond donors (Lipinski definition) is 2. The maximum absolute atomic E-state index is 13.3. The van der Waals surface area contributed by atoms with Crippen LogP contribution in [0, 0.1) is 5.82 Å². The summed E-state index contributed by atoms with van der Waals surface area (Å²) in [6.45, 7) is 0. The number of aromatic nitrogens is 2. The molecule has 1 aromatic carbocycles. The second-order valence-corrected chi connectivity index (χ2v) is 2.98. The van der Waals surface area contributed by atoms with Crippen molar-refractivity contribution >= 4 is 5.95 Å². The van der Waals surface area contributed by atoms with Crippen molar-refractivity contribution in [3.8, 4) is 17.0 Å². The molecular formula is C10H8FN3O. The summed E-state index contributed by atoms with van der Waals surface area (Å²) in [5.41, 5.74) is 5.89. The van der Waals surface area contributed by atoms with Gasteiger partial charge >= 0.3 is 0 Å². The zero-order valence-corrected chi connectivity index (χ0v) is 7.68. The summed E-state index contributed by atoms with van der Waals surface area (Å²) in [6, 6.07) is 6.13. The summed E-state index contributed by atoms with van der Waals surface area (Å²) in [5, 5.41) is 9.24. The van der Waals surface area contributed by atoms with Crippen LogP contribution in [0.2, 0.25) is 0 Å². The highest BCUT2D eigenvalue weighted by atomic mass is 19.1. The van der Waals surface area contributed by atoms with Gasteiger partial charge in [0.15, 0.2) is 5.82 Å². The number of rotatable bonds is 1. The Labute approximate surface area is 85.2 Å². The molecule has 0 radical (unpaired) electrons. The normalized spacial score (nSPS) is 10.2. The minimum atomic E-state index is -0.574. The van der Waals surface area contributed by atoms with Crippen LogP contribution in [0.15, 0.2) is 30.5 Å². The quantitative estimate of drug-likeness (QED) is 0.741. The Morgan fingerprint density at radius 3 is 2.87 bits per heavy atom. The highest BCUT2D eigenvalue weighted by molar-refractivity contribution is 5.62. The van der Waals surface area contributed by atoms with E-state index in [0.29, 0.717) is 5.56 Å². The summed E-state index contributed by atoms with van der Waals surface area (Å²) >= 11 is 0. The van der Waals surface area contributed by atoms with Crippen LogP contribution < -0.4 is 5.73 Å². The second kappa shape index (κ2) is 3.53. The number of benzene rings is 1. The lowest BCUT2D eigenvalue weighted by Gasteiger charge is -2.03. The molecule has 1 heterocycles. The van der Waals surface area contributed by atoms with Crippen molar-refractivity contribution in [2.75, 3.05) is 5.73 Å². The molecule has 0 bridgehead atoms. The number of nitrogens with zero attached hydrogens (tertiary/aromatic N) is 2. The van der Waals surface area contributed by atoms with E-state index >= 15 is 0 Å². The fourth-order valence-corrected chi connectivity index (χ4v) is 1.24. The third-order valence-electron chi connectivity index (χ3n) is 1.88. The van der Waals surface area contributed by atoms with Crippen LogP contribution in [0.1, 0.15) is 0 Å². The molecule has 0 fully saturated rings. The summed E-state index contributed by atoms with van der Waals surface area (Å²) in [7, 11) is 0. The van der Waals surface area contributed by atoms with E-state index in [2.05, 4.69) is 9.97 Å². The first-order valence-electron chi connectivity index (χ1n) is 4.24. The first kappa shape index (κ1) is 9.39. The first-order valence-corrected chi connectivity index (χ1v) is 4.24. The number of nitrogen functional groups attached to an aromatic ring is 1. The van der Waals surface area contributed by atoms with Crippen LogP contribution in [-0.2, 0) is 0 Å². The van der Waals surface area contributed by atoms with Crippen molar-refractivity contribution in [3.63, 3.8) is 0 Å². The number of anilines is 1. The molecule has 5 heteroatoms. The van der Waals surface area contributed by atoms with Crippen molar-refractivity contribution in [1.29, 1.82) is 0 Å². The molecule has 3 N–H and O–H groups in total. The summed E-state index contributed by atoms with van der Waals surface area (Å²) in [6.07, 6.45) is 1.00. The zero-order valence-electron chi connectivity index (χ0n) is 7.68. The Hall–Kier alpha value is -2.17. The van der Waals surface area contributed by atoms with Crippen molar-refractivity contribution in [2.45, 2.75) is 0 Å². The van der Waals surface area contributed by atoms with E-state index in [0.717, 1.165) is 6.20 Å². The Morgan fingerprint density at radius 1 is 1.33 bits per heavy atom. The Kier molecular flexibility index (Phi) is 2.21. The van der Waals surface area contributed by atoms with E-state index in [-0.39, 0.29) is 17.4 Å². The summed E-state index contributed by atoms with van der Waals surface area (Å²) < 4.78 is 13.3. The smallest absolute Gasteiger partial charge is 0.220 e. The van der Waals surface area contributed by atoms with Gasteiger partial charge in [-0.3, -0.25) is 0 Å². The maximum Gasteiger partial charge on any atom is 0.220 e. The molecule has 15 heavy (non-hydrogen) atoms. The van der Waals surface area contributed by atoms with Crippen molar-refractivity contribution in [3.05, 3.63) is 36.3 Å². The third kappa shape index (κ3) is 1.85. The van der Waals surface area contributed by atoms with Gasteiger partial charge in [-0.2, -0.15) is 0 Å². The molecule has 1 aromatic heterocycles. The molecule has 0 aliphatic carbocycles. The molecule has 2 aromatic rings. The van der Waals surface area contributed by atoms with Crippen LogP contribution in [-0.4, -0.2) is 15.1 Å². The molecule has 76 valence electrons. The molecule has 0 aliphatic heterocycles. The molecule has 0 saturated heterocycles. The number of aromatic hydroxyl groups is 1. The number of phenols is 1. The second-order valence-electron chi connectivity index (χ2n) is 2.98. The van der Waals surface area contributed by atoms with Crippen LogP contribution in [0.5, 0.6) is 5.75 Å². The van der Waals surface area contributed by atoms with Crippen LogP contribution in [0.3, 0.4) is 0 Å². The van der Waals surface area contributed by atoms with Gasteiger partial charge in [0.1, 0.15) is 11.4 Å². The molecule has 2 rings (SSSR count). The van der Waals surface area contributed by atoms with Gasteiger partial charge in [0.25, 0.3) is 0 Å². The van der Waals surface area contributed by atoms with E-state index in [4.69, 9.17) is 5.73 Å². The molecule has 0 spiro atoms. The fraction of sp³-hybridized carbons (Fsp3) is 0. The van der Waals surface area contributed by atoms with E-state index < -0.39 is 5.82 Å². The van der Waals surface area contributed by atoms with Crippen LogP contribution >= 0.6 is 0 Å². The lowest BCUT2D eigenvalue weighted by atomic mass is 10.1. The molecule has 4 nitrogen and oxygen atoms in total. The van der Waals surface area contributed by atoms with Crippen LogP contribution in [0.25, 0.3) is 11.3 Å². The monoisotopic (exact) mass is 205 g/mol. The zero-order chi connectivity index (χ0) is 10.8.